The van der Waals surface area contributed by atoms with Gasteiger partial charge in [0.25, 0.3) is 0 Å². The Balaban J connectivity index is 1.48. The first-order valence-electron chi connectivity index (χ1n) is 12.4. The largest absolute Gasteiger partial charge is 0.497 e. The molecule has 0 amide bonds. The molecular formula is C28H36N2O. The van der Waals surface area contributed by atoms with Crippen LogP contribution in [-0.4, -0.2) is 29.4 Å². The number of hydrogen-bond acceptors (Lipinski definition) is 3. The zero-order valence-electron chi connectivity index (χ0n) is 18.9. The maximum atomic E-state index is 5.54. The van der Waals surface area contributed by atoms with Gasteiger partial charge in [0.15, 0.2) is 0 Å². The molecule has 3 aliphatic rings. The van der Waals surface area contributed by atoms with E-state index in [4.69, 9.17) is 9.73 Å². The highest BCUT2D eigenvalue weighted by Gasteiger charge is 2.64. The third kappa shape index (κ3) is 4.17. The van der Waals surface area contributed by atoms with Gasteiger partial charge < -0.3 is 4.74 Å². The van der Waals surface area contributed by atoms with Crippen molar-refractivity contribution in [1.82, 2.24) is 4.90 Å². The predicted molar refractivity (Wildman–Crippen MR) is 128 cm³/mol. The maximum Gasteiger partial charge on any atom is 0.118 e. The molecule has 0 N–H and O–H groups in total. The Bertz CT molecular complexity index is 877. The zero-order valence-corrected chi connectivity index (χ0v) is 18.9. The minimum Gasteiger partial charge on any atom is -0.497 e. The van der Waals surface area contributed by atoms with Crippen LogP contribution in [0.1, 0.15) is 87.8 Å². The molecule has 1 spiro atoms. The Kier molecular flexibility index (Phi) is 6.13. The van der Waals surface area contributed by atoms with Gasteiger partial charge in [-0.05, 0) is 61.1 Å². The summed E-state index contributed by atoms with van der Waals surface area (Å²) in [5.74, 6) is 0.912. The highest BCUT2D eigenvalue weighted by Crippen LogP contribution is 2.58. The minimum atomic E-state index is -0.0143. The summed E-state index contributed by atoms with van der Waals surface area (Å²) in [6, 6.07) is 20.5. The fraction of sp³-hybridized carbons (Fsp3) is 0.536. The van der Waals surface area contributed by atoms with E-state index in [0.717, 1.165) is 5.75 Å². The molecule has 3 unspecified atom stereocenters. The number of aliphatic imine (C=N–C) groups is 1. The number of rotatable bonds is 3. The van der Waals surface area contributed by atoms with Gasteiger partial charge in [0.2, 0.25) is 0 Å². The lowest BCUT2D eigenvalue weighted by atomic mass is 9.92. The van der Waals surface area contributed by atoms with E-state index in [1.54, 1.807) is 7.11 Å². The van der Waals surface area contributed by atoms with Crippen molar-refractivity contribution in [3.05, 3.63) is 65.7 Å². The van der Waals surface area contributed by atoms with E-state index in [1.165, 1.54) is 87.5 Å². The van der Waals surface area contributed by atoms with E-state index in [2.05, 4.69) is 59.5 Å². The molecule has 0 radical (unpaired) electrons. The van der Waals surface area contributed by atoms with E-state index in [0.29, 0.717) is 12.1 Å². The molecule has 2 fully saturated rings. The number of benzene rings is 2. The maximum absolute atomic E-state index is 5.54. The molecule has 2 aliphatic heterocycles. The third-order valence-corrected chi connectivity index (χ3v) is 7.58. The fourth-order valence-corrected chi connectivity index (χ4v) is 5.92. The summed E-state index contributed by atoms with van der Waals surface area (Å²) in [6.07, 6.45) is 14.7. The SMILES string of the molecule is COc1ccc(C2=NC3(CCCCCCCCCCC3)N3C2C3c2ccccc2)cc1. The van der Waals surface area contributed by atoms with Crippen LogP contribution in [0.3, 0.4) is 0 Å². The van der Waals surface area contributed by atoms with Gasteiger partial charge >= 0.3 is 0 Å². The van der Waals surface area contributed by atoms with E-state index in [9.17, 15) is 0 Å². The van der Waals surface area contributed by atoms with E-state index in [1.807, 2.05) is 0 Å². The van der Waals surface area contributed by atoms with Crippen molar-refractivity contribution >= 4 is 5.71 Å². The van der Waals surface area contributed by atoms with Crippen LogP contribution in [-0.2, 0) is 0 Å². The molecule has 0 bridgehead atoms. The Hall–Kier alpha value is -2.13. The quantitative estimate of drug-likeness (QED) is 0.507. The number of nitrogens with zero attached hydrogens (tertiary/aromatic N) is 2. The average molecular weight is 417 g/mol. The summed E-state index contributed by atoms with van der Waals surface area (Å²) < 4.78 is 5.40. The van der Waals surface area contributed by atoms with Gasteiger partial charge in [-0.3, -0.25) is 9.89 Å². The van der Waals surface area contributed by atoms with Gasteiger partial charge in [0.05, 0.1) is 24.9 Å². The van der Waals surface area contributed by atoms with Gasteiger partial charge in [-0.15, -0.1) is 0 Å². The van der Waals surface area contributed by atoms with Crippen molar-refractivity contribution in [3.8, 4) is 5.75 Å². The fourth-order valence-electron chi connectivity index (χ4n) is 5.92. The molecule has 1 saturated carbocycles. The smallest absolute Gasteiger partial charge is 0.118 e. The molecule has 2 heterocycles. The van der Waals surface area contributed by atoms with E-state index >= 15 is 0 Å². The number of fused-ring (bicyclic) bond motifs is 2. The molecule has 164 valence electrons. The summed E-state index contributed by atoms with van der Waals surface area (Å²) in [5, 5.41) is 0. The van der Waals surface area contributed by atoms with Crippen molar-refractivity contribution in [2.24, 2.45) is 4.99 Å². The monoisotopic (exact) mass is 416 g/mol. The molecule has 1 saturated heterocycles. The van der Waals surface area contributed by atoms with Crippen LogP contribution in [0.4, 0.5) is 0 Å². The molecule has 3 heteroatoms. The molecule has 2 aromatic carbocycles. The normalized spacial score (nSPS) is 28.2. The van der Waals surface area contributed by atoms with E-state index in [-0.39, 0.29) is 5.66 Å². The molecule has 5 rings (SSSR count). The standard InChI is InChI=1S/C28H36N2O/c1-31-24-18-16-22(17-19-24)25-27-26(23-14-10-9-11-15-23)30(27)28(29-25)20-12-7-5-3-2-4-6-8-13-21-28/h9-11,14-19,26-27H,2-8,12-13,20-21H2,1H3. The molecule has 31 heavy (non-hydrogen) atoms. The van der Waals surface area contributed by atoms with Crippen LogP contribution in [0, 0.1) is 0 Å². The van der Waals surface area contributed by atoms with Crippen LogP contribution in [0.5, 0.6) is 5.75 Å². The van der Waals surface area contributed by atoms with Crippen molar-refractivity contribution in [2.75, 3.05) is 7.11 Å². The lowest BCUT2D eigenvalue weighted by Gasteiger charge is -2.31. The number of ether oxygens (including phenoxy) is 1. The Labute approximate surface area is 187 Å². The molecule has 1 aliphatic carbocycles. The van der Waals surface area contributed by atoms with Crippen molar-refractivity contribution in [2.45, 2.75) is 88.4 Å². The van der Waals surface area contributed by atoms with Gasteiger partial charge in [0, 0.05) is 0 Å². The molecule has 3 nitrogen and oxygen atoms in total. The summed E-state index contributed by atoms with van der Waals surface area (Å²) in [5.41, 5.74) is 3.99. The Morgan fingerprint density at radius 2 is 1.32 bits per heavy atom. The lowest BCUT2D eigenvalue weighted by molar-refractivity contribution is 0.182. The third-order valence-electron chi connectivity index (χ3n) is 7.58. The predicted octanol–water partition coefficient (Wildman–Crippen LogP) is 6.92. The second kappa shape index (κ2) is 9.16. The van der Waals surface area contributed by atoms with Crippen molar-refractivity contribution in [3.63, 3.8) is 0 Å². The molecule has 2 aromatic rings. The van der Waals surface area contributed by atoms with Gasteiger partial charge in [-0.2, -0.15) is 0 Å². The lowest BCUT2D eigenvalue weighted by Crippen LogP contribution is -2.34. The van der Waals surface area contributed by atoms with Gasteiger partial charge in [-0.1, -0.05) is 75.3 Å². The topological polar surface area (TPSA) is 24.6 Å². The first kappa shape index (κ1) is 20.8. The number of hydrogen-bond donors (Lipinski definition) is 0. The Morgan fingerprint density at radius 3 is 1.90 bits per heavy atom. The first-order valence-corrected chi connectivity index (χ1v) is 12.4. The zero-order chi connectivity index (χ0) is 21.1. The van der Waals surface area contributed by atoms with Crippen LogP contribution in [0.25, 0.3) is 0 Å². The summed E-state index contributed by atoms with van der Waals surface area (Å²) in [6.45, 7) is 0. The molecule has 0 aromatic heterocycles. The second-order valence-electron chi connectivity index (χ2n) is 9.60. The highest BCUT2D eigenvalue weighted by molar-refractivity contribution is 6.08. The summed E-state index contributed by atoms with van der Waals surface area (Å²) in [4.78, 5) is 8.30. The Morgan fingerprint density at radius 1 is 0.742 bits per heavy atom. The van der Waals surface area contributed by atoms with E-state index < -0.39 is 0 Å². The van der Waals surface area contributed by atoms with Crippen LogP contribution >= 0.6 is 0 Å². The van der Waals surface area contributed by atoms with Crippen LogP contribution in [0.2, 0.25) is 0 Å². The second-order valence-corrected chi connectivity index (χ2v) is 9.60. The van der Waals surface area contributed by atoms with Crippen LogP contribution < -0.4 is 4.74 Å². The summed E-state index contributed by atoms with van der Waals surface area (Å²) >= 11 is 0. The first-order chi connectivity index (χ1) is 15.3. The number of methoxy groups -OCH3 is 1. The minimum absolute atomic E-state index is 0.0143. The van der Waals surface area contributed by atoms with Crippen molar-refractivity contribution < 1.29 is 4.74 Å². The average Bonchev–Trinajstić information content (AvgIpc) is 3.48. The highest BCUT2D eigenvalue weighted by atomic mass is 16.5. The van der Waals surface area contributed by atoms with Crippen molar-refractivity contribution in [1.29, 1.82) is 0 Å². The van der Waals surface area contributed by atoms with Gasteiger partial charge in [0.1, 0.15) is 11.4 Å². The van der Waals surface area contributed by atoms with Crippen LogP contribution in [0.15, 0.2) is 59.6 Å². The van der Waals surface area contributed by atoms with Gasteiger partial charge in [-0.25, -0.2) is 0 Å². The molecule has 3 atom stereocenters. The molecular weight excluding hydrogens is 380 g/mol. The summed E-state index contributed by atoms with van der Waals surface area (Å²) in [7, 11) is 1.73.